The SMILES string of the molecule is COCC(C(=O)OC)C(c1ccc(SSc2ccc(C(C(COC)C(=O)OC)C(F)(F)F)cc2)cc1)C(F)(F)F. The smallest absolute Gasteiger partial charge is 0.396 e. The molecule has 2 aromatic rings. The number of alkyl halides is 6. The van der Waals surface area contributed by atoms with E-state index in [1.54, 1.807) is 0 Å². The molecular weight excluding hydrogens is 586 g/mol. The highest BCUT2D eigenvalue weighted by atomic mass is 33.1. The molecule has 0 heterocycles. The van der Waals surface area contributed by atoms with E-state index >= 15 is 0 Å². The van der Waals surface area contributed by atoms with Crippen LogP contribution in [0, 0.1) is 11.8 Å². The minimum atomic E-state index is -4.74. The number of carbonyl (C=O) groups is 2. The number of hydrogen-bond donors (Lipinski definition) is 0. The van der Waals surface area contributed by atoms with E-state index in [1.165, 1.54) is 84.3 Å². The number of benzene rings is 2. The summed E-state index contributed by atoms with van der Waals surface area (Å²) in [6, 6.07) is 10.8. The van der Waals surface area contributed by atoms with Crippen LogP contribution in [0.1, 0.15) is 23.0 Å². The third-order valence-electron chi connectivity index (χ3n) is 5.92. The van der Waals surface area contributed by atoms with Crippen LogP contribution in [0.5, 0.6) is 0 Å². The summed E-state index contributed by atoms with van der Waals surface area (Å²) in [7, 11) is 6.73. The molecule has 6 nitrogen and oxygen atoms in total. The molecule has 0 fully saturated rings. The first-order chi connectivity index (χ1) is 18.8. The maximum Gasteiger partial charge on any atom is 0.396 e. The maximum absolute atomic E-state index is 13.9. The molecule has 14 heteroatoms. The number of hydrogen-bond acceptors (Lipinski definition) is 8. The third-order valence-corrected chi connectivity index (χ3v) is 8.34. The fraction of sp³-hybridized carbons (Fsp3) is 0.462. The van der Waals surface area contributed by atoms with Gasteiger partial charge in [0.1, 0.15) is 0 Å². The molecular formula is C26H28F6O6S2. The number of methoxy groups -OCH3 is 4. The minimum absolute atomic E-state index is 0.145. The summed E-state index contributed by atoms with van der Waals surface area (Å²) in [6.45, 7) is -0.972. The summed E-state index contributed by atoms with van der Waals surface area (Å²) in [6.07, 6.45) is -9.49. The van der Waals surface area contributed by atoms with E-state index in [2.05, 4.69) is 9.47 Å². The van der Waals surface area contributed by atoms with Gasteiger partial charge in [0.15, 0.2) is 0 Å². The van der Waals surface area contributed by atoms with Gasteiger partial charge in [-0.25, -0.2) is 0 Å². The first kappa shape index (κ1) is 33.8. The van der Waals surface area contributed by atoms with Crippen LogP contribution in [-0.4, -0.2) is 65.9 Å². The Morgan fingerprint density at radius 3 is 1.15 bits per heavy atom. The highest BCUT2D eigenvalue weighted by Crippen LogP contribution is 2.45. The molecule has 0 aliphatic rings. The Hall–Kier alpha value is -2.42. The number of esters is 2. The van der Waals surface area contributed by atoms with Gasteiger partial charge in [0.25, 0.3) is 0 Å². The van der Waals surface area contributed by atoms with Crippen LogP contribution in [0.3, 0.4) is 0 Å². The Bertz CT molecular complexity index is 1010. The van der Waals surface area contributed by atoms with Crippen molar-refractivity contribution in [3.05, 3.63) is 59.7 Å². The highest BCUT2D eigenvalue weighted by molar-refractivity contribution is 8.76. The lowest BCUT2D eigenvalue weighted by atomic mass is 9.85. The second-order valence-electron chi connectivity index (χ2n) is 8.51. The Morgan fingerprint density at radius 1 is 0.625 bits per heavy atom. The van der Waals surface area contributed by atoms with E-state index in [0.29, 0.717) is 9.79 Å². The largest absolute Gasteiger partial charge is 0.469 e. The second-order valence-corrected chi connectivity index (χ2v) is 10.8. The van der Waals surface area contributed by atoms with Crippen LogP contribution in [0.2, 0.25) is 0 Å². The average Bonchev–Trinajstić information content (AvgIpc) is 2.90. The van der Waals surface area contributed by atoms with Crippen molar-refractivity contribution in [3.8, 4) is 0 Å². The zero-order valence-corrected chi connectivity index (χ0v) is 23.5. The molecule has 40 heavy (non-hydrogen) atoms. The van der Waals surface area contributed by atoms with E-state index in [-0.39, 0.29) is 11.1 Å². The molecule has 0 aromatic heterocycles. The second kappa shape index (κ2) is 15.0. The van der Waals surface area contributed by atoms with Gasteiger partial charge >= 0.3 is 24.3 Å². The monoisotopic (exact) mass is 614 g/mol. The summed E-state index contributed by atoms with van der Waals surface area (Å²) in [5, 5.41) is 0. The molecule has 2 aromatic carbocycles. The van der Waals surface area contributed by atoms with Gasteiger partial charge in [0.2, 0.25) is 0 Å². The third kappa shape index (κ3) is 9.05. The number of ether oxygens (including phenoxy) is 4. The van der Waals surface area contributed by atoms with Crippen LogP contribution in [-0.2, 0) is 28.5 Å². The van der Waals surface area contributed by atoms with Crippen LogP contribution >= 0.6 is 21.6 Å². The molecule has 222 valence electrons. The summed E-state index contributed by atoms with van der Waals surface area (Å²) in [5.41, 5.74) is -0.291. The molecule has 0 amide bonds. The van der Waals surface area contributed by atoms with Gasteiger partial charge in [-0.1, -0.05) is 45.9 Å². The molecule has 0 spiro atoms. The van der Waals surface area contributed by atoms with Crippen molar-refractivity contribution in [3.63, 3.8) is 0 Å². The molecule has 0 N–H and O–H groups in total. The Balaban J connectivity index is 2.21. The Kier molecular flexibility index (Phi) is 12.7. The van der Waals surface area contributed by atoms with E-state index in [0.717, 1.165) is 14.2 Å². The number of rotatable bonds is 13. The van der Waals surface area contributed by atoms with Crippen molar-refractivity contribution >= 4 is 33.5 Å². The molecule has 0 saturated carbocycles. The van der Waals surface area contributed by atoms with Gasteiger partial charge in [-0.15, -0.1) is 0 Å². The zero-order chi connectivity index (χ0) is 30.1. The summed E-state index contributed by atoms with van der Waals surface area (Å²) in [4.78, 5) is 25.2. The van der Waals surface area contributed by atoms with E-state index < -0.39 is 61.2 Å². The van der Waals surface area contributed by atoms with Crippen molar-refractivity contribution in [2.75, 3.05) is 41.7 Å². The fourth-order valence-electron chi connectivity index (χ4n) is 4.12. The Labute approximate surface area is 235 Å². The molecule has 2 rings (SSSR count). The van der Waals surface area contributed by atoms with Gasteiger partial charge in [-0.2, -0.15) is 26.3 Å². The zero-order valence-electron chi connectivity index (χ0n) is 21.9. The van der Waals surface area contributed by atoms with Crippen molar-refractivity contribution in [2.45, 2.75) is 34.0 Å². The van der Waals surface area contributed by atoms with Crippen molar-refractivity contribution in [1.29, 1.82) is 0 Å². The van der Waals surface area contributed by atoms with E-state index in [1.807, 2.05) is 0 Å². The average molecular weight is 615 g/mol. The molecule has 4 unspecified atom stereocenters. The lowest BCUT2D eigenvalue weighted by molar-refractivity contribution is -0.181. The van der Waals surface area contributed by atoms with Gasteiger partial charge in [0, 0.05) is 24.0 Å². The van der Waals surface area contributed by atoms with Crippen molar-refractivity contribution in [2.24, 2.45) is 11.8 Å². The lowest BCUT2D eigenvalue weighted by Crippen LogP contribution is -2.36. The van der Waals surface area contributed by atoms with Crippen molar-refractivity contribution < 1.29 is 54.9 Å². The van der Waals surface area contributed by atoms with Crippen LogP contribution in [0.15, 0.2) is 58.3 Å². The predicted octanol–water partition coefficient (Wildman–Crippen LogP) is 6.65. The topological polar surface area (TPSA) is 71.1 Å². The molecule has 0 aliphatic carbocycles. The van der Waals surface area contributed by atoms with Crippen LogP contribution in [0.25, 0.3) is 0 Å². The predicted molar refractivity (Wildman–Crippen MR) is 137 cm³/mol. The van der Waals surface area contributed by atoms with E-state index in [4.69, 9.17) is 9.47 Å². The summed E-state index contributed by atoms with van der Waals surface area (Å²) >= 11 is 0. The molecule has 0 radical (unpaired) electrons. The molecule has 0 aliphatic heterocycles. The summed E-state index contributed by atoms with van der Waals surface area (Å²) < 4.78 is 102. The minimum Gasteiger partial charge on any atom is -0.469 e. The molecule has 4 atom stereocenters. The maximum atomic E-state index is 13.9. The standard InChI is InChI=1S/C26H28F6O6S2/c1-35-13-19(23(33)37-3)21(25(27,28)29)15-5-9-17(10-6-15)39-40-18-11-7-16(8-12-18)22(26(30,31)32)20(14-36-2)24(34)38-4/h5-12,19-22H,13-14H2,1-4H3. The number of halogens is 6. The number of carbonyl (C=O) groups excluding carboxylic acids is 2. The molecule has 0 bridgehead atoms. The summed E-state index contributed by atoms with van der Waals surface area (Å²) in [5.74, 6) is -9.57. The normalized spacial score (nSPS) is 15.2. The Morgan fingerprint density at radius 2 is 0.925 bits per heavy atom. The first-order valence-electron chi connectivity index (χ1n) is 11.6. The van der Waals surface area contributed by atoms with Crippen LogP contribution in [0.4, 0.5) is 26.3 Å². The van der Waals surface area contributed by atoms with Gasteiger partial charge in [-0.3, -0.25) is 9.59 Å². The van der Waals surface area contributed by atoms with Crippen LogP contribution < -0.4 is 0 Å². The van der Waals surface area contributed by atoms with Gasteiger partial charge < -0.3 is 18.9 Å². The first-order valence-corrected chi connectivity index (χ1v) is 13.7. The van der Waals surface area contributed by atoms with Gasteiger partial charge in [0.05, 0.1) is 51.1 Å². The molecule has 0 saturated heterocycles. The van der Waals surface area contributed by atoms with E-state index in [9.17, 15) is 35.9 Å². The van der Waals surface area contributed by atoms with Gasteiger partial charge in [-0.05, 0) is 35.4 Å². The lowest BCUT2D eigenvalue weighted by Gasteiger charge is -2.27. The quantitative estimate of drug-likeness (QED) is 0.141. The highest BCUT2D eigenvalue weighted by Gasteiger charge is 2.50. The van der Waals surface area contributed by atoms with Crippen molar-refractivity contribution in [1.82, 2.24) is 0 Å². The fourth-order valence-corrected chi connectivity index (χ4v) is 6.05.